The maximum atomic E-state index is 12.2. The fourth-order valence-corrected chi connectivity index (χ4v) is 2.89. The molecular weight excluding hydrogens is 400 g/mol. The highest BCUT2D eigenvalue weighted by molar-refractivity contribution is 9.10. The second-order valence-corrected chi connectivity index (χ2v) is 6.05. The van der Waals surface area contributed by atoms with Gasteiger partial charge in [-0.25, -0.2) is 4.79 Å². The van der Waals surface area contributed by atoms with E-state index in [2.05, 4.69) is 31.7 Å². The number of carbonyl (C=O) groups excluding carboxylic acids is 1. The zero-order valence-corrected chi connectivity index (χ0v) is 15.6. The van der Waals surface area contributed by atoms with Crippen LogP contribution < -0.4 is 15.4 Å². The second kappa shape index (κ2) is 8.91. The normalized spacial score (nSPS) is 10.5. The Morgan fingerprint density at radius 1 is 1.42 bits per heavy atom. The summed E-state index contributed by atoms with van der Waals surface area (Å²) in [5, 5.41) is 10.0. The number of amides is 2. The first-order valence-corrected chi connectivity index (χ1v) is 8.41. The topological polar surface area (TPSA) is 77.4 Å². The molecule has 0 bridgehead atoms. The average molecular weight is 418 g/mol. The van der Waals surface area contributed by atoms with E-state index in [4.69, 9.17) is 21.1 Å². The van der Waals surface area contributed by atoms with E-state index < -0.39 is 6.03 Å². The molecule has 0 saturated heterocycles. The highest BCUT2D eigenvalue weighted by Gasteiger charge is 2.13. The van der Waals surface area contributed by atoms with Gasteiger partial charge in [0.25, 0.3) is 0 Å². The van der Waals surface area contributed by atoms with Crippen molar-refractivity contribution in [3.8, 4) is 5.75 Å². The van der Waals surface area contributed by atoms with E-state index >= 15 is 0 Å². The predicted octanol–water partition coefficient (Wildman–Crippen LogP) is 3.99. The van der Waals surface area contributed by atoms with Crippen molar-refractivity contribution in [2.45, 2.75) is 13.5 Å². The van der Waals surface area contributed by atoms with Crippen LogP contribution in [0.2, 0.25) is 5.02 Å². The van der Waals surface area contributed by atoms with E-state index in [0.29, 0.717) is 46.4 Å². The lowest BCUT2D eigenvalue weighted by molar-refractivity contribution is 0.183. The summed E-state index contributed by atoms with van der Waals surface area (Å²) in [4.78, 5) is 12.2. The van der Waals surface area contributed by atoms with Crippen LogP contribution in [-0.4, -0.2) is 36.1 Å². The van der Waals surface area contributed by atoms with Crippen LogP contribution in [0.1, 0.15) is 6.92 Å². The lowest BCUT2D eigenvalue weighted by atomic mass is 10.3. The van der Waals surface area contributed by atoms with Crippen LogP contribution in [-0.2, 0) is 11.3 Å². The van der Waals surface area contributed by atoms with E-state index in [-0.39, 0.29) is 0 Å². The van der Waals surface area contributed by atoms with Gasteiger partial charge in [-0.15, -0.1) is 0 Å². The second-order valence-electron chi connectivity index (χ2n) is 4.76. The van der Waals surface area contributed by atoms with E-state index in [0.717, 1.165) is 0 Å². The van der Waals surface area contributed by atoms with Crippen molar-refractivity contribution < 1.29 is 14.3 Å². The molecule has 0 aliphatic rings. The van der Waals surface area contributed by atoms with E-state index in [1.165, 1.54) is 0 Å². The third-order valence-corrected chi connectivity index (χ3v) is 3.77. The maximum absolute atomic E-state index is 12.2. The van der Waals surface area contributed by atoms with Gasteiger partial charge in [-0.05, 0) is 35.0 Å². The Kier molecular flexibility index (Phi) is 6.89. The first-order chi connectivity index (χ1) is 11.5. The van der Waals surface area contributed by atoms with Gasteiger partial charge in [0.1, 0.15) is 0 Å². The van der Waals surface area contributed by atoms with Gasteiger partial charge in [0.05, 0.1) is 41.8 Å². The zero-order chi connectivity index (χ0) is 17.5. The third-order valence-electron chi connectivity index (χ3n) is 2.96. The molecule has 0 aliphatic carbocycles. The molecule has 0 fully saturated rings. The summed E-state index contributed by atoms with van der Waals surface area (Å²) in [7, 11) is 1.62. The summed E-state index contributed by atoms with van der Waals surface area (Å²) < 4.78 is 12.9. The quantitative estimate of drug-likeness (QED) is 0.714. The minimum absolute atomic E-state index is 0.420. The van der Waals surface area contributed by atoms with Gasteiger partial charge < -0.3 is 20.1 Å². The molecule has 0 radical (unpaired) electrons. The van der Waals surface area contributed by atoms with Crippen LogP contribution in [0.15, 0.2) is 29.0 Å². The highest BCUT2D eigenvalue weighted by Crippen LogP contribution is 2.36. The number of ether oxygens (including phenoxy) is 2. The Bertz CT molecular complexity index is 708. The summed E-state index contributed by atoms with van der Waals surface area (Å²) in [6.45, 7) is 3.47. The predicted molar refractivity (Wildman–Crippen MR) is 97.1 cm³/mol. The number of anilines is 2. The molecule has 0 spiro atoms. The molecule has 1 heterocycles. The van der Waals surface area contributed by atoms with Gasteiger partial charge in [-0.3, -0.25) is 4.68 Å². The number of nitrogens with one attached hydrogen (secondary N) is 2. The van der Waals surface area contributed by atoms with Gasteiger partial charge in [0, 0.05) is 18.3 Å². The monoisotopic (exact) mass is 416 g/mol. The van der Waals surface area contributed by atoms with Gasteiger partial charge in [-0.2, -0.15) is 5.10 Å². The first-order valence-electron chi connectivity index (χ1n) is 7.24. The molecule has 7 nitrogen and oxygen atoms in total. The van der Waals surface area contributed by atoms with Crippen LogP contribution in [0.5, 0.6) is 5.75 Å². The molecule has 0 unspecified atom stereocenters. The lowest BCUT2D eigenvalue weighted by Crippen LogP contribution is -2.19. The molecule has 1 aromatic carbocycles. The van der Waals surface area contributed by atoms with Crippen molar-refractivity contribution in [2.75, 3.05) is 31.0 Å². The number of hydrogen-bond acceptors (Lipinski definition) is 4. The summed E-state index contributed by atoms with van der Waals surface area (Å²) in [6.07, 6.45) is 3.28. The average Bonchev–Trinajstić information content (AvgIpc) is 2.95. The molecule has 130 valence electrons. The minimum atomic E-state index is -0.420. The van der Waals surface area contributed by atoms with Crippen LogP contribution in [0.3, 0.4) is 0 Å². The maximum Gasteiger partial charge on any atom is 0.323 e. The van der Waals surface area contributed by atoms with Crippen LogP contribution >= 0.6 is 27.5 Å². The first kappa shape index (κ1) is 18.6. The van der Waals surface area contributed by atoms with Gasteiger partial charge in [-0.1, -0.05) is 11.6 Å². The van der Waals surface area contributed by atoms with E-state index in [1.54, 1.807) is 36.3 Å². The van der Waals surface area contributed by atoms with Crippen molar-refractivity contribution in [1.29, 1.82) is 0 Å². The van der Waals surface area contributed by atoms with Crippen molar-refractivity contribution in [3.05, 3.63) is 34.0 Å². The Labute approximate surface area is 153 Å². The standard InChI is InChI=1S/C15H18BrClN4O3/c1-3-24-14-12(16)6-10(17)7-13(14)20-15(22)19-11-8-18-21(9-11)4-5-23-2/h6-9H,3-5H2,1-2H3,(H2,19,20,22). The molecule has 2 N–H and O–H groups in total. The molecule has 2 amide bonds. The minimum Gasteiger partial charge on any atom is -0.491 e. The van der Waals surface area contributed by atoms with Gasteiger partial charge in [0.15, 0.2) is 5.75 Å². The number of urea groups is 1. The van der Waals surface area contributed by atoms with Crippen LogP contribution in [0, 0.1) is 0 Å². The largest absolute Gasteiger partial charge is 0.491 e. The molecule has 24 heavy (non-hydrogen) atoms. The summed E-state index contributed by atoms with van der Waals surface area (Å²) in [6, 6.07) is 2.91. The molecule has 1 aromatic heterocycles. The molecule has 0 saturated carbocycles. The number of methoxy groups -OCH3 is 1. The smallest absolute Gasteiger partial charge is 0.323 e. The molecule has 0 atom stereocenters. The van der Waals surface area contributed by atoms with Crippen LogP contribution in [0.4, 0.5) is 16.2 Å². The Morgan fingerprint density at radius 2 is 2.21 bits per heavy atom. The number of rotatable bonds is 7. The SMILES string of the molecule is CCOc1c(Br)cc(Cl)cc1NC(=O)Nc1cnn(CCOC)c1. The number of hydrogen-bond donors (Lipinski definition) is 2. The van der Waals surface area contributed by atoms with Gasteiger partial charge >= 0.3 is 6.03 Å². The summed E-state index contributed by atoms with van der Waals surface area (Å²) >= 11 is 9.41. The fraction of sp³-hybridized carbons (Fsp3) is 0.333. The molecule has 2 aromatic rings. The molecule has 0 aliphatic heterocycles. The Hall–Kier alpha value is -1.77. The number of halogens is 2. The van der Waals surface area contributed by atoms with Gasteiger partial charge in [0.2, 0.25) is 0 Å². The number of benzene rings is 1. The number of nitrogens with zero attached hydrogens (tertiary/aromatic N) is 2. The Morgan fingerprint density at radius 3 is 2.92 bits per heavy atom. The van der Waals surface area contributed by atoms with Crippen LogP contribution in [0.25, 0.3) is 0 Å². The van der Waals surface area contributed by atoms with Crippen molar-refractivity contribution in [2.24, 2.45) is 0 Å². The molecule has 2 rings (SSSR count). The van der Waals surface area contributed by atoms with E-state index in [1.807, 2.05) is 6.92 Å². The van der Waals surface area contributed by atoms with Crippen molar-refractivity contribution in [1.82, 2.24) is 9.78 Å². The molecular formula is C15H18BrClN4O3. The highest BCUT2D eigenvalue weighted by atomic mass is 79.9. The summed E-state index contributed by atoms with van der Waals surface area (Å²) in [5.74, 6) is 0.521. The Balaban J connectivity index is 2.05. The van der Waals surface area contributed by atoms with Crippen molar-refractivity contribution in [3.63, 3.8) is 0 Å². The summed E-state index contributed by atoms with van der Waals surface area (Å²) in [5.41, 5.74) is 1.04. The number of carbonyl (C=O) groups is 1. The zero-order valence-electron chi connectivity index (χ0n) is 13.3. The fourth-order valence-electron chi connectivity index (χ4n) is 1.96. The van der Waals surface area contributed by atoms with Crippen molar-refractivity contribution >= 4 is 44.9 Å². The van der Waals surface area contributed by atoms with E-state index in [9.17, 15) is 4.79 Å². The lowest BCUT2D eigenvalue weighted by Gasteiger charge is -2.14. The third kappa shape index (κ3) is 5.12. The number of aromatic nitrogens is 2. The molecule has 9 heteroatoms.